The van der Waals surface area contributed by atoms with E-state index in [1.807, 2.05) is 39.0 Å². The number of rotatable bonds is 3. The molecular weight excluding hydrogens is 324 g/mol. The van der Waals surface area contributed by atoms with E-state index in [9.17, 15) is 9.90 Å². The Labute approximate surface area is 157 Å². The molecule has 0 aromatic heterocycles. The van der Waals surface area contributed by atoms with Crippen molar-refractivity contribution in [3.63, 3.8) is 0 Å². The monoisotopic (exact) mass is 356 g/mol. The number of methoxy groups -OCH3 is 1. The zero-order valence-electron chi connectivity index (χ0n) is 17.3. The number of allylic oxidation sites excluding steroid dienone is 2. The molecule has 0 aliphatic heterocycles. The van der Waals surface area contributed by atoms with Crippen molar-refractivity contribution < 1.29 is 14.6 Å². The summed E-state index contributed by atoms with van der Waals surface area (Å²) in [6, 6.07) is 8.20. The van der Waals surface area contributed by atoms with E-state index in [0.717, 1.165) is 22.3 Å². The lowest BCUT2D eigenvalue weighted by Gasteiger charge is -2.50. The molecule has 2 rings (SSSR count). The van der Waals surface area contributed by atoms with Crippen LogP contribution in [0.25, 0.3) is 5.57 Å². The zero-order valence-corrected chi connectivity index (χ0v) is 17.3. The summed E-state index contributed by atoms with van der Waals surface area (Å²) in [5, 5.41) is 10.2. The molecule has 1 N–H and O–H groups in total. The van der Waals surface area contributed by atoms with Gasteiger partial charge < -0.3 is 9.84 Å². The lowest BCUT2D eigenvalue weighted by Crippen LogP contribution is -2.55. The smallest absolute Gasteiger partial charge is 0.313 e. The number of benzene rings is 1. The molecule has 0 spiro atoms. The molecule has 26 heavy (non-hydrogen) atoms. The van der Waals surface area contributed by atoms with Crippen LogP contribution >= 0.6 is 0 Å². The van der Waals surface area contributed by atoms with Gasteiger partial charge in [0.25, 0.3) is 0 Å². The van der Waals surface area contributed by atoms with Crippen molar-refractivity contribution in [2.45, 2.75) is 54.1 Å². The van der Waals surface area contributed by atoms with Gasteiger partial charge in [-0.2, -0.15) is 0 Å². The molecule has 142 valence electrons. The van der Waals surface area contributed by atoms with Crippen molar-refractivity contribution in [1.82, 2.24) is 0 Å². The van der Waals surface area contributed by atoms with E-state index in [4.69, 9.17) is 4.74 Å². The van der Waals surface area contributed by atoms with Crippen molar-refractivity contribution in [3.05, 3.63) is 53.1 Å². The van der Waals surface area contributed by atoms with Crippen LogP contribution in [0.15, 0.2) is 42.0 Å². The Hall–Kier alpha value is -1.87. The van der Waals surface area contributed by atoms with Crippen molar-refractivity contribution in [2.24, 2.45) is 16.7 Å². The Kier molecular flexibility index (Phi) is 5.26. The molecule has 0 bridgehead atoms. The van der Waals surface area contributed by atoms with Crippen molar-refractivity contribution in [3.8, 4) is 0 Å². The molecule has 1 aliphatic rings. The van der Waals surface area contributed by atoms with Crippen LogP contribution < -0.4 is 0 Å². The SMILES string of the molecule is COC1(C(C)(C)C)C=C(c2ccccc2C)C=C(C(C)(C)C)C1C(=O)O. The lowest BCUT2D eigenvalue weighted by molar-refractivity contribution is -0.158. The standard InChI is InChI=1S/C23H32O3/c1-15-11-9-10-12-17(15)16-13-18(21(2,3)4)19(20(24)25)23(14-16,26-8)22(5,6)7/h9-14,19H,1-8H3,(H,24,25). The third-order valence-electron chi connectivity index (χ3n) is 5.50. The maximum atomic E-state index is 12.4. The molecule has 0 heterocycles. The predicted molar refractivity (Wildman–Crippen MR) is 107 cm³/mol. The quantitative estimate of drug-likeness (QED) is 0.778. The number of hydrogen-bond acceptors (Lipinski definition) is 2. The third kappa shape index (κ3) is 3.37. The summed E-state index contributed by atoms with van der Waals surface area (Å²) in [5.41, 5.74) is 2.57. The molecule has 3 nitrogen and oxygen atoms in total. The van der Waals surface area contributed by atoms with Gasteiger partial charge in [0.2, 0.25) is 0 Å². The Morgan fingerprint density at radius 2 is 1.69 bits per heavy atom. The highest BCUT2D eigenvalue weighted by Gasteiger charge is 2.55. The van der Waals surface area contributed by atoms with Gasteiger partial charge in [0.1, 0.15) is 11.5 Å². The highest BCUT2D eigenvalue weighted by Crippen LogP contribution is 2.52. The normalized spacial score (nSPS) is 24.1. The van der Waals surface area contributed by atoms with E-state index in [2.05, 4.69) is 45.9 Å². The lowest BCUT2D eigenvalue weighted by atomic mass is 9.59. The van der Waals surface area contributed by atoms with Gasteiger partial charge in [-0.15, -0.1) is 0 Å². The molecule has 0 fully saturated rings. The maximum Gasteiger partial charge on any atom is 0.313 e. The predicted octanol–water partition coefficient (Wildman–Crippen LogP) is 5.50. The van der Waals surface area contributed by atoms with E-state index in [1.165, 1.54) is 0 Å². The fraction of sp³-hybridized carbons (Fsp3) is 0.522. The first-order valence-corrected chi connectivity index (χ1v) is 9.14. The molecule has 2 atom stereocenters. The van der Waals surface area contributed by atoms with Gasteiger partial charge in [0.05, 0.1) is 0 Å². The van der Waals surface area contributed by atoms with E-state index in [-0.39, 0.29) is 5.41 Å². The van der Waals surface area contributed by atoms with Crippen molar-refractivity contribution in [2.75, 3.05) is 7.11 Å². The van der Waals surface area contributed by atoms with Crippen molar-refractivity contribution in [1.29, 1.82) is 0 Å². The average Bonchev–Trinajstić information content (AvgIpc) is 2.51. The van der Waals surface area contributed by atoms with E-state index >= 15 is 0 Å². The minimum absolute atomic E-state index is 0.291. The topological polar surface area (TPSA) is 46.5 Å². The number of carboxylic acids is 1. The van der Waals surface area contributed by atoms with Crippen LogP contribution in [-0.2, 0) is 9.53 Å². The number of carboxylic acid groups (broad SMARTS) is 1. The first-order chi connectivity index (χ1) is 11.8. The summed E-state index contributed by atoms with van der Waals surface area (Å²) < 4.78 is 6.04. The van der Waals surface area contributed by atoms with E-state index < -0.39 is 22.9 Å². The van der Waals surface area contributed by atoms with Gasteiger partial charge >= 0.3 is 5.97 Å². The van der Waals surface area contributed by atoms with E-state index in [1.54, 1.807) is 7.11 Å². The molecule has 1 aromatic carbocycles. The molecule has 3 heteroatoms. The summed E-state index contributed by atoms with van der Waals surface area (Å²) in [5.74, 6) is -1.58. The first-order valence-electron chi connectivity index (χ1n) is 9.14. The largest absolute Gasteiger partial charge is 0.481 e. The van der Waals surface area contributed by atoms with Crippen LogP contribution in [0.4, 0.5) is 0 Å². The summed E-state index contributed by atoms with van der Waals surface area (Å²) in [6.07, 6.45) is 4.09. The van der Waals surface area contributed by atoms with Crippen LogP contribution in [0.1, 0.15) is 52.7 Å². The Balaban J connectivity index is 2.87. The molecule has 2 unspecified atom stereocenters. The van der Waals surface area contributed by atoms with Crippen molar-refractivity contribution >= 4 is 11.5 Å². The van der Waals surface area contributed by atoms with E-state index in [0.29, 0.717) is 0 Å². The number of ether oxygens (including phenoxy) is 1. The van der Waals surface area contributed by atoms with Gasteiger partial charge in [-0.25, -0.2) is 0 Å². The zero-order chi connectivity index (χ0) is 19.9. The fourth-order valence-electron chi connectivity index (χ4n) is 3.99. The maximum absolute atomic E-state index is 12.4. The second-order valence-corrected chi connectivity index (χ2v) is 9.28. The van der Waals surface area contributed by atoms with Gasteiger partial charge in [-0.1, -0.05) is 71.9 Å². The average molecular weight is 357 g/mol. The molecule has 0 amide bonds. The minimum Gasteiger partial charge on any atom is -0.481 e. The van der Waals surface area contributed by atoms with Crippen LogP contribution in [0.2, 0.25) is 0 Å². The van der Waals surface area contributed by atoms with Gasteiger partial charge in [-0.3, -0.25) is 4.79 Å². The number of carbonyl (C=O) groups is 1. The second kappa shape index (κ2) is 6.70. The molecule has 1 aliphatic carbocycles. The molecule has 0 radical (unpaired) electrons. The summed E-state index contributed by atoms with van der Waals surface area (Å²) >= 11 is 0. The third-order valence-corrected chi connectivity index (χ3v) is 5.50. The highest BCUT2D eigenvalue weighted by atomic mass is 16.5. The molecular formula is C23H32O3. The second-order valence-electron chi connectivity index (χ2n) is 9.28. The van der Waals surface area contributed by atoms with Crippen LogP contribution in [-0.4, -0.2) is 23.8 Å². The Bertz CT molecular complexity index is 756. The molecule has 1 aromatic rings. The minimum atomic E-state index is -0.937. The van der Waals surface area contributed by atoms with Gasteiger partial charge in [0, 0.05) is 7.11 Å². The highest BCUT2D eigenvalue weighted by molar-refractivity contribution is 5.86. The fourth-order valence-corrected chi connectivity index (χ4v) is 3.99. The summed E-state index contributed by atoms with van der Waals surface area (Å²) in [4.78, 5) is 12.4. The van der Waals surface area contributed by atoms with Gasteiger partial charge in [0.15, 0.2) is 0 Å². The Morgan fingerprint density at radius 3 is 2.12 bits per heavy atom. The summed E-state index contributed by atoms with van der Waals surface area (Å²) in [6.45, 7) is 14.4. The molecule has 0 saturated heterocycles. The number of hydrogen-bond donors (Lipinski definition) is 1. The molecule has 0 saturated carbocycles. The number of aliphatic carboxylic acids is 1. The summed E-state index contributed by atoms with van der Waals surface area (Å²) in [7, 11) is 1.62. The number of aryl methyl sites for hydroxylation is 1. The van der Waals surface area contributed by atoms with Crippen LogP contribution in [0, 0.1) is 23.7 Å². The van der Waals surface area contributed by atoms with Gasteiger partial charge in [-0.05, 0) is 46.1 Å². The first kappa shape index (κ1) is 20.4. The Morgan fingerprint density at radius 1 is 1.12 bits per heavy atom. The van der Waals surface area contributed by atoms with Crippen LogP contribution in [0.5, 0.6) is 0 Å². The van der Waals surface area contributed by atoms with Crippen LogP contribution in [0.3, 0.4) is 0 Å².